The van der Waals surface area contributed by atoms with Crippen molar-refractivity contribution in [1.29, 1.82) is 0 Å². The minimum atomic E-state index is -0.278. The molecule has 0 amide bonds. The van der Waals surface area contributed by atoms with E-state index in [1.54, 1.807) is 24.3 Å². The zero-order valence-electron chi connectivity index (χ0n) is 29.5. The fourth-order valence-corrected chi connectivity index (χ4v) is 12.5. The van der Waals surface area contributed by atoms with Gasteiger partial charge >= 0.3 is 5.97 Å². The van der Waals surface area contributed by atoms with Crippen LogP contribution >= 0.6 is 0 Å². The molecule has 2 spiro atoms. The lowest BCUT2D eigenvalue weighted by atomic mass is 9.41. The molecule has 0 saturated heterocycles. The molecule has 45 heavy (non-hydrogen) atoms. The Morgan fingerprint density at radius 1 is 0.978 bits per heavy atom. The fourth-order valence-electron chi connectivity index (χ4n) is 12.5. The van der Waals surface area contributed by atoms with Gasteiger partial charge in [0.05, 0.1) is 7.11 Å². The van der Waals surface area contributed by atoms with Crippen LogP contribution in [0, 0.1) is 56.7 Å². The van der Waals surface area contributed by atoms with Crippen molar-refractivity contribution in [3.8, 4) is 11.5 Å². The van der Waals surface area contributed by atoms with E-state index in [-0.39, 0.29) is 23.2 Å². The number of carbonyl (C=O) groups is 1. The standard InChI is InChI=1S/C41H60O4/c1-26(2)27(3)10-11-28(4)30-18-20-39(8)34-16-15-33-37(5,6)35(19-21-40(33)25-41(34,40)23-22-38(30,39)7)45-36(43)17-13-29-12-14-31(42)32(24-29)44-9/h12-14,17,24,26,28,30,33-35,42H,3,10-11,15-16,18-23,25H2,1-2,4-9H3/b17-13+/t28-,30-,33+,34+,35+,38-,39+,40-,41?/m1/s1. The smallest absolute Gasteiger partial charge is 0.331 e. The number of hydrogen-bond donors (Lipinski definition) is 1. The molecule has 0 aliphatic heterocycles. The number of fused-ring (bicyclic) bond motifs is 2. The van der Waals surface area contributed by atoms with Crippen LogP contribution < -0.4 is 4.74 Å². The van der Waals surface area contributed by atoms with E-state index in [9.17, 15) is 9.90 Å². The summed E-state index contributed by atoms with van der Waals surface area (Å²) in [4.78, 5) is 13.1. The lowest BCUT2D eigenvalue weighted by Crippen LogP contribution is -2.58. The highest BCUT2D eigenvalue weighted by atomic mass is 16.5. The minimum absolute atomic E-state index is 0.0365. The molecule has 1 aromatic rings. The van der Waals surface area contributed by atoms with E-state index in [0.29, 0.717) is 39.2 Å². The summed E-state index contributed by atoms with van der Waals surface area (Å²) < 4.78 is 11.5. The summed E-state index contributed by atoms with van der Waals surface area (Å²) >= 11 is 0. The molecular weight excluding hydrogens is 556 g/mol. The molecule has 1 unspecified atom stereocenters. The van der Waals surface area contributed by atoms with E-state index < -0.39 is 0 Å². The summed E-state index contributed by atoms with van der Waals surface area (Å²) in [5.74, 6) is 3.84. The number of allylic oxidation sites excluding steroid dienone is 1. The van der Waals surface area contributed by atoms with Crippen LogP contribution in [0.3, 0.4) is 0 Å². The molecule has 0 radical (unpaired) electrons. The summed E-state index contributed by atoms with van der Waals surface area (Å²) in [6, 6.07) is 5.08. The molecule has 5 aliphatic carbocycles. The van der Waals surface area contributed by atoms with E-state index in [1.165, 1.54) is 83.0 Å². The van der Waals surface area contributed by atoms with Crippen LogP contribution in [0.5, 0.6) is 11.5 Å². The second kappa shape index (κ2) is 11.2. The van der Waals surface area contributed by atoms with Gasteiger partial charge in [0.2, 0.25) is 0 Å². The molecule has 0 bridgehead atoms. The van der Waals surface area contributed by atoms with Crippen molar-refractivity contribution < 1.29 is 19.4 Å². The van der Waals surface area contributed by atoms with E-state index in [1.807, 2.05) is 0 Å². The highest BCUT2D eigenvalue weighted by molar-refractivity contribution is 5.87. The first-order valence-corrected chi connectivity index (χ1v) is 18.1. The Kier molecular flexibility index (Phi) is 8.13. The van der Waals surface area contributed by atoms with Gasteiger partial charge in [-0.25, -0.2) is 4.79 Å². The number of methoxy groups -OCH3 is 1. The Morgan fingerprint density at radius 2 is 1.69 bits per heavy atom. The lowest BCUT2D eigenvalue weighted by Gasteiger charge is -2.63. The van der Waals surface area contributed by atoms with Crippen LogP contribution in [-0.2, 0) is 9.53 Å². The molecule has 5 fully saturated rings. The first-order chi connectivity index (χ1) is 21.1. The highest BCUT2D eigenvalue weighted by Gasteiger charge is 2.82. The van der Waals surface area contributed by atoms with Crippen LogP contribution in [0.1, 0.15) is 125 Å². The van der Waals surface area contributed by atoms with Crippen molar-refractivity contribution in [2.75, 3.05) is 7.11 Å². The van der Waals surface area contributed by atoms with Crippen LogP contribution in [0.2, 0.25) is 0 Å². The highest BCUT2D eigenvalue weighted by Crippen LogP contribution is 2.89. The number of phenols is 1. The third kappa shape index (κ3) is 4.85. The zero-order chi connectivity index (χ0) is 32.6. The second-order valence-corrected chi connectivity index (χ2v) is 17.5. The average Bonchev–Trinajstić information content (AvgIpc) is 3.58. The van der Waals surface area contributed by atoms with Crippen molar-refractivity contribution in [1.82, 2.24) is 0 Å². The molecule has 1 N–H and O–H groups in total. The quantitative estimate of drug-likeness (QED) is 0.170. The predicted octanol–water partition coefficient (Wildman–Crippen LogP) is 10.4. The van der Waals surface area contributed by atoms with Crippen LogP contribution in [0.4, 0.5) is 0 Å². The molecule has 0 aromatic heterocycles. The number of benzene rings is 1. The molecule has 248 valence electrons. The molecule has 6 rings (SSSR count). The van der Waals surface area contributed by atoms with E-state index >= 15 is 0 Å². The van der Waals surface area contributed by atoms with Gasteiger partial charge in [0, 0.05) is 11.5 Å². The monoisotopic (exact) mass is 616 g/mol. The van der Waals surface area contributed by atoms with Crippen LogP contribution in [0.25, 0.3) is 6.08 Å². The predicted molar refractivity (Wildman–Crippen MR) is 183 cm³/mol. The summed E-state index contributed by atoms with van der Waals surface area (Å²) in [6.45, 7) is 21.7. The number of phenolic OH excluding ortho intramolecular Hbond substituents is 1. The number of rotatable bonds is 9. The first-order valence-electron chi connectivity index (χ1n) is 18.1. The number of aromatic hydroxyl groups is 1. The SMILES string of the molecule is C=C(CC[C@@H](C)[C@H]1CC[C@@]2(C)[C@@H]3CC[C@H]4C(C)(C)[C@@H](OC(=O)/C=C/c5ccc(O)c(OC)c5)CC[C@@]45CC35CC[C@]12C)C(C)C. The van der Waals surface area contributed by atoms with Crippen molar-refractivity contribution in [2.24, 2.45) is 56.7 Å². The van der Waals surface area contributed by atoms with Crippen molar-refractivity contribution >= 4 is 12.0 Å². The number of carbonyl (C=O) groups excluding carboxylic acids is 1. The van der Waals surface area contributed by atoms with Gasteiger partial charge in [-0.15, -0.1) is 0 Å². The third-order valence-electron chi connectivity index (χ3n) is 15.4. The normalized spacial score (nSPS) is 40.2. The van der Waals surface area contributed by atoms with E-state index in [0.717, 1.165) is 29.7 Å². The summed E-state index contributed by atoms with van der Waals surface area (Å²) in [5.41, 5.74) is 3.99. The minimum Gasteiger partial charge on any atom is -0.504 e. The molecule has 5 aliphatic rings. The summed E-state index contributed by atoms with van der Waals surface area (Å²) in [7, 11) is 1.52. The topological polar surface area (TPSA) is 55.8 Å². The first kappa shape index (κ1) is 32.7. The van der Waals surface area contributed by atoms with Gasteiger partial charge in [-0.2, -0.15) is 0 Å². The van der Waals surface area contributed by atoms with Crippen molar-refractivity contribution in [2.45, 2.75) is 125 Å². The summed E-state index contributed by atoms with van der Waals surface area (Å²) in [5, 5.41) is 9.89. The van der Waals surface area contributed by atoms with Gasteiger partial charge in [0.1, 0.15) is 6.10 Å². The molecule has 4 nitrogen and oxygen atoms in total. The third-order valence-corrected chi connectivity index (χ3v) is 15.4. The Morgan fingerprint density at radius 3 is 2.40 bits per heavy atom. The maximum Gasteiger partial charge on any atom is 0.331 e. The van der Waals surface area contributed by atoms with Gasteiger partial charge in [-0.1, -0.05) is 66.7 Å². The molecular formula is C41H60O4. The number of hydrogen-bond acceptors (Lipinski definition) is 4. The number of ether oxygens (including phenoxy) is 2. The van der Waals surface area contributed by atoms with Gasteiger partial charge in [-0.05, 0) is 146 Å². The maximum absolute atomic E-state index is 13.1. The molecule has 1 aromatic carbocycles. The zero-order valence-corrected chi connectivity index (χ0v) is 29.5. The van der Waals surface area contributed by atoms with Gasteiger partial charge in [-0.3, -0.25) is 0 Å². The number of esters is 1. The average molecular weight is 617 g/mol. The fraction of sp³-hybridized carbons (Fsp3) is 0.732. The van der Waals surface area contributed by atoms with Crippen LogP contribution in [0.15, 0.2) is 36.4 Å². The lowest BCUT2D eigenvalue weighted by molar-refractivity contribution is -0.179. The van der Waals surface area contributed by atoms with Gasteiger partial charge in [0.15, 0.2) is 11.5 Å². The summed E-state index contributed by atoms with van der Waals surface area (Å²) in [6.07, 6.45) is 17.5. The largest absolute Gasteiger partial charge is 0.504 e. The Bertz CT molecular complexity index is 1360. The molecule has 4 heteroatoms. The second-order valence-electron chi connectivity index (χ2n) is 17.5. The Labute approximate surface area is 273 Å². The molecule has 0 heterocycles. The molecule has 5 saturated carbocycles. The molecule has 9 atom stereocenters. The van der Waals surface area contributed by atoms with E-state index in [4.69, 9.17) is 9.47 Å². The van der Waals surface area contributed by atoms with Crippen LogP contribution in [-0.4, -0.2) is 24.3 Å². The Balaban J connectivity index is 1.14. The van der Waals surface area contributed by atoms with Gasteiger partial charge < -0.3 is 14.6 Å². The van der Waals surface area contributed by atoms with Crippen molar-refractivity contribution in [3.05, 3.63) is 42.0 Å². The van der Waals surface area contributed by atoms with E-state index in [2.05, 4.69) is 55.0 Å². The van der Waals surface area contributed by atoms with Crippen molar-refractivity contribution in [3.63, 3.8) is 0 Å². The Hall–Kier alpha value is -2.23. The maximum atomic E-state index is 13.1. The van der Waals surface area contributed by atoms with Gasteiger partial charge in [0.25, 0.3) is 0 Å².